The molecule has 0 bridgehead atoms. The van der Waals surface area contributed by atoms with Gasteiger partial charge in [-0.15, -0.1) is 11.3 Å². The Morgan fingerprint density at radius 1 is 0.938 bits per heavy atom. The Morgan fingerprint density at radius 3 is 2.38 bits per heavy atom. The normalized spacial score (nSPS) is 11.0. The summed E-state index contributed by atoms with van der Waals surface area (Å²) < 4.78 is 17.9. The lowest BCUT2D eigenvalue weighted by Crippen LogP contribution is -2.24. The van der Waals surface area contributed by atoms with Gasteiger partial charge in [0.25, 0.3) is 5.56 Å². The van der Waals surface area contributed by atoms with E-state index in [1.807, 2.05) is 42.5 Å². The number of benzene rings is 2. The molecule has 166 valence electrons. The highest BCUT2D eigenvalue weighted by molar-refractivity contribution is 7.18. The molecule has 0 aliphatic rings. The first-order valence-electron chi connectivity index (χ1n) is 10.2. The number of aromatic nitrogens is 2. The molecule has 0 atom stereocenters. The maximum atomic E-state index is 13.3. The maximum absolute atomic E-state index is 13.3. The number of ether oxygens (including phenoxy) is 3. The lowest BCUT2D eigenvalue weighted by atomic mass is 10.1. The summed E-state index contributed by atoms with van der Waals surface area (Å²) in [6, 6.07) is 15.1. The predicted molar refractivity (Wildman–Crippen MR) is 128 cm³/mol. The van der Waals surface area contributed by atoms with Gasteiger partial charge >= 0.3 is 0 Å². The van der Waals surface area contributed by atoms with Gasteiger partial charge in [-0.2, -0.15) is 0 Å². The molecular weight excluding hydrogens is 426 g/mol. The fraction of sp³-hybridized carbons (Fsp3) is 0.250. The van der Waals surface area contributed by atoms with E-state index in [9.17, 15) is 4.79 Å². The zero-order valence-electron chi connectivity index (χ0n) is 18.3. The van der Waals surface area contributed by atoms with Gasteiger partial charge in [0.1, 0.15) is 17.2 Å². The standard InChI is InChI=1S/C24H25N3O4S/c1-29-15-6-8-19-18(13-15)24(28)27(12-4-11-25)23(26-19)22-10-9-21(32-22)17-7-5-16(30-2)14-20(17)31-3/h5-10,13-14H,4,11-12,25H2,1-3H3. The SMILES string of the molecule is COc1ccc(-c2ccc(-c3nc4ccc(OC)cc4c(=O)n3CCCN)s2)c(OC)c1. The van der Waals surface area contributed by atoms with Gasteiger partial charge in [-0.05, 0) is 55.4 Å². The van der Waals surface area contributed by atoms with Crippen LogP contribution in [-0.2, 0) is 6.54 Å². The third kappa shape index (κ3) is 4.06. The van der Waals surface area contributed by atoms with Crippen LogP contribution in [0.25, 0.3) is 32.0 Å². The van der Waals surface area contributed by atoms with Crippen molar-refractivity contribution in [3.8, 4) is 38.4 Å². The van der Waals surface area contributed by atoms with Crippen molar-refractivity contribution in [2.24, 2.45) is 5.73 Å². The Balaban J connectivity index is 1.85. The highest BCUT2D eigenvalue weighted by Crippen LogP contribution is 2.39. The molecule has 0 spiro atoms. The summed E-state index contributed by atoms with van der Waals surface area (Å²) in [5.41, 5.74) is 7.21. The van der Waals surface area contributed by atoms with Gasteiger partial charge in [0, 0.05) is 23.1 Å². The number of hydrogen-bond donors (Lipinski definition) is 1. The Bertz CT molecular complexity index is 1310. The van der Waals surface area contributed by atoms with Crippen molar-refractivity contribution >= 4 is 22.2 Å². The largest absolute Gasteiger partial charge is 0.497 e. The van der Waals surface area contributed by atoms with Crippen LogP contribution in [0.2, 0.25) is 0 Å². The van der Waals surface area contributed by atoms with Crippen LogP contribution in [0.15, 0.2) is 53.3 Å². The molecule has 0 saturated heterocycles. The molecule has 8 heteroatoms. The average molecular weight is 452 g/mol. The molecule has 0 aliphatic heterocycles. The van der Waals surface area contributed by atoms with Crippen molar-refractivity contribution in [2.45, 2.75) is 13.0 Å². The van der Waals surface area contributed by atoms with E-state index in [4.69, 9.17) is 24.9 Å². The lowest BCUT2D eigenvalue weighted by molar-refractivity contribution is 0.395. The van der Waals surface area contributed by atoms with Crippen molar-refractivity contribution in [2.75, 3.05) is 27.9 Å². The number of thiophene rings is 1. The van der Waals surface area contributed by atoms with Gasteiger partial charge in [-0.25, -0.2) is 4.98 Å². The van der Waals surface area contributed by atoms with Gasteiger partial charge in [-0.3, -0.25) is 9.36 Å². The molecule has 2 heterocycles. The molecule has 4 rings (SSSR count). The quantitative estimate of drug-likeness (QED) is 0.433. The molecule has 0 amide bonds. The van der Waals surface area contributed by atoms with Gasteiger partial charge < -0.3 is 19.9 Å². The molecule has 0 aliphatic carbocycles. The van der Waals surface area contributed by atoms with Crippen LogP contribution < -0.4 is 25.5 Å². The van der Waals surface area contributed by atoms with E-state index < -0.39 is 0 Å². The Kier molecular flexibility index (Phi) is 6.43. The minimum Gasteiger partial charge on any atom is -0.497 e. The number of rotatable bonds is 8. The lowest BCUT2D eigenvalue weighted by Gasteiger charge is -2.13. The number of nitrogens with two attached hydrogens (primary N) is 1. The second kappa shape index (κ2) is 9.42. The maximum Gasteiger partial charge on any atom is 0.261 e. The van der Waals surface area contributed by atoms with Crippen LogP contribution in [0.1, 0.15) is 6.42 Å². The molecule has 7 nitrogen and oxygen atoms in total. The van der Waals surface area contributed by atoms with Crippen molar-refractivity contribution in [1.29, 1.82) is 0 Å². The first-order chi connectivity index (χ1) is 15.6. The van der Waals surface area contributed by atoms with Gasteiger partial charge in [0.05, 0.1) is 37.1 Å². The second-order valence-corrected chi connectivity index (χ2v) is 8.23. The Hall–Kier alpha value is -3.36. The second-order valence-electron chi connectivity index (χ2n) is 7.15. The van der Waals surface area contributed by atoms with E-state index in [1.54, 1.807) is 43.3 Å². The van der Waals surface area contributed by atoms with Crippen LogP contribution in [-0.4, -0.2) is 37.4 Å². The Morgan fingerprint density at radius 2 is 1.66 bits per heavy atom. The predicted octanol–water partition coefficient (Wildman–Crippen LogP) is 4.17. The third-order valence-corrected chi connectivity index (χ3v) is 6.36. The zero-order chi connectivity index (χ0) is 22.7. The summed E-state index contributed by atoms with van der Waals surface area (Å²) in [6.07, 6.45) is 0.675. The van der Waals surface area contributed by atoms with Gasteiger partial charge in [0.2, 0.25) is 0 Å². The minimum atomic E-state index is -0.102. The van der Waals surface area contributed by atoms with E-state index >= 15 is 0 Å². The summed E-state index contributed by atoms with van der Waals surface area (Å²) in [5.74, 6) is 2.70. The smallest absolute Gasteiger partial charge is 0.261 e. The topological polar surface area (TPSA) is 88.6 Å². The van der Waals surface area contributed by atoms with Crippen molar-refractivity contribution in [3.05, 3.63) is 58.9 Å². The Labute approximate surface area is 190 Å². The molecule has 0 saturated carbocycles. The van der Waals surface area contributed by atoms with Crippen LogP contribution in [0.3, 0.4) is 0 Å². The van der Waals surface area contributed by atoms with Crippen LogP contribution in [0.5, 0.6) is 17.2 Å². The molecular formula is C24H25N3O4S. The summed E-state index contributed by atoms with van der Waals surface area (Å²) >= 11 is 1.56. The molecule has 0 unspecified atom stereocenters. The summed E-state index contributed by atoms with van der Waals surface area (Å²) in [6.45, 7) is 0.977. The summed E-state index contributed by atoms with van der Waals surface area (Å²) in [5, 5.41) is 0.527. The minimum absolute atomic E-state index is 0.102. The zero-order valence-corrected chi connectivity index (χ0v) is 19.1. The first-order valence-corrected chi connectivity index (χ1v) is 11.0. The van der Waals surface area contributed by atoms with Crippen molar-refractivity contribution in [3.63, 3.8) is 0 Å². The van der Waals surface area contributed by atoms with E-state index in [-0.39, 0.29) is 5.56 Å². The van der Waals surface area contributed by atoms with E-state index in [0.717, 1.165) is 26.8 Å². The van der Waals surface area contributed by atoms with E-state index in [1.165, 1.54) is 0 Å². The molecule has 2 aromatic carbocycles. The monoisotopic (exact) mass is 451 g/mol. The molecule has 0 radical (unpaired) electrons. The molecule has 0 fully saturated rings. The number of nitrogens with zero attached hydrogens (tertiary/aromatic N) is 2. The molecule has 2 aromatic heterocycles. The van der Waals surface area contributed by atoms with Crippen molar-refractivity contribution in [1.82, 2.24) is 9.55 Å². The van der Waals surface area contributed by atoms with Gasteiger partial charge in [-0.1, -0.05) is 0 Å². The van der Waals surface area contributed by atoms with Crippen LogP contribution >= 0.6 is 11.3 Å². The van der Waals surface area contributed by atoms with E-state index in [2.05, 4.69) is 0 Å². The fourth-order valence-electron chi connectivity index (χ4n) is 3.58. The average Bonchev–Trinajstić information content (AvgIpc) is 3.32. The number of hydrogen-bond acceptors (Lipinski definition) is 7. The molecule has 2 N–H and O–H groups in total. The molecule has 32 heavy (non-hydrogen) atoms. The highest BCUT2D eigenvalue weighted by atomic mass is 32.1. The number of methoxy groups -OCH3 is 3. The van der Waals surface area contributed by atoms with Gasteiger partial charge in [0.15, 0.2) is 5.82 Å². The van der Waals surface area contributed by atoms with E-state index in [0.29, 0.717) is 42.0 Å². The number of fused-ring (bicyclic) bond motifs is 1. The van der Waals surface area contributed by atoms with Crippen molar-refractivity contribution < 1.29 is 14.2 Å². The fourth-order valence-corrected chi connectivity index (χ4v) is 4.61. The summed E-state index contributed by atoms with van der Waals surface area (Å²) in [7, 11) is 4.84. The summed E-state index contributed by atoms with van der Waals surface area (Å²) in [4.78, 5) is 20.1. The van der Waals surface area contributed by atoms with Crippen LogP contribution in [0.4, 0.5) is 0 Å². The third-order valence-electron chi connectivity index (χ3n) is 5.25. The molecule has 4 aromatic rings. The highest BCUT2D eigenvalue weighted by Gasteiger charge is 2.17. The van der Waals surface area contributed by atoms with Crippen LogP contribution in [0, 0.1) is 0 Å². The first kappa shape index (κ1) is 21.9.